The van der Waals surface area contributed by atoms with Crippen LogP contribution in [0.25, 0.3) is 0 Å². The van der Waals surface area contributed by atoms with Crippen molar-refractivity contribution in [1.82, 2.24) is 0 Å². The van der Waals surface area contributed by atoms with E-state index in [1.165, 1.54) is 20.8 Å². The van der Waals surface area contributed by atoms with Crippen molar-refractivity contribution in [3.8, 4) is 0 Å². The molecule has 0 radical (unpaired) electrons. The topological polar surface area (TPSA) is 78.9 Å². The Balaban J connectivity index is 0.000000296. The molecule has 0 aliphatic rings. The number of carbonyl (C=O) groups is 3. The summed E-state index contributed by atoms with van der Waals surface area (Å²) in [5.41, 5.74) is 0. The summed E-state index contributed by atoms with van der Waals surface area (Å²) in [4.78, 5) is 34.4. The average Bonchev–Trinajstić information content (AvgIpc) is 2.95. The Labute approximate surface area is 248 Å². The molecule has 3 aromatic rings. The molecular formula is C32H42O6Sn2. The standard InChI is InChI=1S/3C6H5.2C4H9.3C2H4O2.2Sn/c3*1-2-4-6-5-3-1;2*1-3-4-2;3*1-2(3)4;;/h3*1-5H;2*1,3-4H2,2H3;3*1H3,(H,3,4);;/q;;;;;;;;+1;+2/p-3. The maximum absolute atomic E-state index is 12.0. The van der Waals surface area contributed by atoms with E-state index in [4.69, 9.17) is 9.22 Å². The van der Waals surface area contributed by atoms with Crippen LogP contribution < -0.4 is 10.7 Å². The second-order valence-electron chi connectivity index (χ2n) is 9.68. The molecule has 0 aliphatic carbocycles. The van der Waals surface area contributed by atoms with Crippen molar-refractivity contribution in [2.75, 3.05) is 0 Å². The minimum absolute atomic E-state index is 0.225. The number of benzene rings is 3. The van der Waals surface area contributed by atoms with Gasteiger partial charge in [0.05, 0.1) is 0 Å². The summed E-state index contributed by atoms with van der Waals surface area (Å²) in [6, 6.07) is 30.5. The van der Waals surface area contributed by atoms with Gasteiger partial charge in [0.15, 0.2) is 0 Å². The van der Waals surface area contributed by atoms with Gasteiger partial charge in [0.25, 0.3) is 0 Å². The molecule has 0 aromatic heterocycles. The van der Waals surface area contributed by atoms with Gasteiger partial charge in [-0.3, -0.25) is 0 Å². The van der Waals surface area contributed by atoms with E-state index in [1.807, 2.05) is 54.6 Å². The molecule has 3 aromatic carbocycles. The number of rotatable bonds is 12. The molecule has 0 aliphatic heterocycles. The molecule has 0 heterocycles. The Hall–Kier alpha value is -2.33. The Kier molecular flexibility index (Phi) is 14.8. The van der Waals surface area contributed by atoms with E-state index in [0.717, 1.165) is 45.3 Å². The maximum atomic E-state index is 12.0. The van der Waals surface area contributed by atoms with E-state index in [-0.39, 0.29) is 17.9 Å². The molecule has 0 unspecified atom stereocenters. The molecule has 0 spiro atoms. The number of hydrogen-bond donors (Lipinski definition) is 0. The fourth-order valence-corrected chi connectivity index (χ4v) is 25.5. The molecule has 8 heteroatoms. The zero-order valence-electron chi connectivity index (χ0n) is 24.4. The molecular weight excluding hydrogens is 718 g/mol. The normalized spacial score (nSPS) is 11.0. The van der Waals surface area contributed by atoms with Gasteiger partial charge in [-0.1, -0.05) is 0 Å². The summed E-state index contributed by atoms with van der Waals surface area (Å²) in [6.07, 6.45) is 3.96. The van der Waals surface area contributed by atoms with Crippen LogP contribution in [-0.2, 0) is 23.6 Å². The third-order valence-corrected chi connectivity index (χ3v) is 28.0. The number of unbranched alkanes of at least 4 members (excludes halogenated alkanes) is 2. The van der Waals surface area contributed by atoms with Gasteiger partial charge in [-0.05, 0) is 0 Å². The SMILES string of the molecule is CC(=O)[O][Sn]([c]1ccccc1)([c]1ccccc1)[c]1ccccc1.CCC[CH2][Sn]([CH2]CCC)([O]C(C)=O)[O]C(C)=O. The molecule has 40 heavy (non-hydrogen) atoms. The van der Waals surface area contributed by atoms with Gasteiger partial charge in [0.2, 0.25) is 0 Å². The van der Waals surface area contributed by atoms with Gasteiger partial charge < -0.3 is 0 Å². The van der Waals surface area contributed by atoms with Crippen LogP contribution in [0.1, 0.15) is 60.3 Å². The number of hydrogen-bond acceptors (Lipinski definition) is 6. The fourth-order valence-electron chi connectivity index (χ4n) is 4.68. The molecule has 0 bridgehead atoms. The first-order chi connectivity index (χ1) is 19.2. The Morgan fingerprint density at radius 3 is 1.07 bits per heavy atom. The van der Waals surface area contributed by atoms with E-state index in [1.54, 1.807) is 0 Å². The fraction of sp³-hybridized carbons (Fsp3) is 0.344. The van der Waals surface area contributed by atoms with Gasteiger partial charge in [0.1, 0.15) is 0 Å². The predicted molar refractivity (Wildman–Crippen MR) is 164 cm³/mol. The molecule has 0 amide bonds. The predicted octanol–water partition coefficient (Wildman–Crippen LogP) is 5.37. The molecule has 3 rings (SSSR count). The van der Waals surface area contributed by atoms with Crippen LogP contribution in [0, 0.1) is 0 Å². The molecule has 6 nitrogen and oxygen atoms in total. The van der Waals surface area contributed by atoms with E-state index in [9.17, 15) is 14.4 Å². The van der Waals surface area contributed by atoms with Gasteiger partial charge in [-0.15, -0.1) is 0 Å². The van der Waals surface area contributed by atoms with Crippen molar-refractivity contribution in [2.45, 2.75) is 69.2 Å². The second-order valence-corrected chi connectivity index (χ2v) is 28.3. The van der Waals surface area contributed by atoms with Crippen molar-refractivity contribution in [3.05, 3.63) is 91.0 Å². The van der Waals surface area contributed by atoms with Crippen LogP contribution in [-0.4, -0.2) is 55.9 Å². The molecule has 0 saturated carbocycles. The Morgan fingerprint density at radius 1 is 0.525 bits per heavy atom. The van der Waals surface area contributed by atoms with E-state index >= 15 is 0 Å². The third-order valence-electron chi connectivity index (χ3n) is 6.32. The summed E-state index contributed by atoms with van der Waals surface area (Å²) >= 11 is -7.29. The first kappa shape index (κ1) is 33.9. The van der Waals surface area contributed by atoms with Gasteiger partial charge >= 0.3 is 250 Å². The first-order valence-electron chi connectivity index (χ1n) is 13.9. The molecule has 214 valence electrons. The Morgan fingerprint density at radius 2 is 0.825 bits per heavy atom. The molecule has 0 N–H and O–H groups in total. The van der Waals surface area contributed by atoms with Crippen LogP contribution in [0.2, 0.25) is 8.87 Å². The quantitative estimate of drug-likeness (QED) is 0.231. The van der Waals surface area contributed by atoms with Crippen molar-refractivity contribution in [2.24, 2.45) is 0 Å². The Bertz CT molecular complexity index is 1060. The van der Waals surface area contributed by atoms with Crippen LogP contribution in [0.4, 0.5) is 0 Å². The van der Waals surface area contributed by atoms with E-state index < -0.39 is 38.0 Å². The summed E-state index contributed by atoms with van der Waals surface area (Å²) in [7, 11) is 0. The molecule has 0 atom stereocenters. The molecule has 0 fully saturated rings. The van der Waals surface area contributed by atoms with Crippen LogP contribution in [0.15, 0.2) is 91.0 Å². The van der Waals surface area contributed by atoms with Gasteiger partial charge in [0, 0.05) is 0 Å². The second kappa shape index (κ2) is 17.5. The first-order valence-corrected chi connectivity index (χ1v) is 25.8. The minimum atomic E-state index is -3.80. The summed E-state index contributed by atoms with van der Waals surface area (Å²) < 4.78 is 22.1. The van der Waals surface area contributed by atoms with Crippen LogP contribution in [0.5, 0.6) is 0 Å². The van der Waals surface area contributed by atoms with Crippen molar-refractivity contribution in [1.29, 1.82) is 0 Å². The zero-order valence-corrected chi connectivity index (χ0v) is 30.1. The summed E-state index contributed by atoms with van der Waals surface area (Å²) in [6.45, 7) is 8.45. The van der Waals surface area contributed by atoms with Gasteiger partial charge in [-0.2, -0.15) is 0 Å². The molecule has 0 saturated heterocycles. The van der Waals surface area contributed by atoms with Crippen molar-refractivity contribution in [3.63, 3.8) is 0 Å². The van der Waals surface area contributed by atoms with Gasteiger partial charge in [-0.25, -0.2) is 0 Å². The number of carbonyl (C=O) groups excluding carboxylic acids is 3. The van der Waals surface area contributed by atoms with Crippen molar-refractivity contribution < 1.29 is 23.6 Å². The zero-order chi connectivity index (χ0) is 29.4. The van der Waals surface area contributed by atoms with Crippen LogP contribution >= 0.6 is 0 Å². The van der Waals surface area contributed by atoms with E-state index in [0.29, 0.717) is 0 Å². The summed E-state index contributed by atoms with van der Waals surface area (Å²) in [5, 5.41) is 0. The average molecular weight is 760 g/mol. The van der Waals surface area contributed by atoms with Crippen LogP contribution in [0.3, 0.4) is 0 Å². The third kappa shape index (κ3) is 10.3. The van der Waals surface area contributed by atoms with E-state index in [2.05, 4.69) is 50.2 Å². The van der Waals surface area contributed by atoms with Crippen molar-refractivity contribution >= 4 is 66.6 Å². The monoisotopic (exact) mass is 762 g/mol. The summed E-state index contributed by atoms with van der Waals surface area (Å²) in [5.74, 6) is -0.846.